The van der Waals surface area contributed by atoms with Gasteiger partial charge in [0.15, 0.2) is 0 Å². The molecule has 2 aromatic carbocycles. The number of hydrogen-bond donors (Lipinski definition) is 2. The quantitative estimate of drug-likeness (QED) is 0.814. The number of hydrogen-bond acceptors (Lipinski definition) is 2. The van der Waals surface area contributed by atoms with Gasteiger partial charge in [0.1, 0.15) is 0 Å². The normalized spacial score (nSPS) is 10.2. The Kier molecular flexibility index (Phi) is 5.98. The number of amides is 3. The zero-order chi connectivity index (χ0) is 17.7. The third kappa shape index (κ3) is 5.09. The summed E-state index contributed by atoms with van der Waals surface area (Å²) in [6.07, 6.45) is 0. The zero-order valence-corrected chi connectivity index (χ0v) is 15.5. The smallest absolute Gasteiger partial charge is 0.321 e. The van der Waals surface area contributed by atoms with Crippen LogP contribution >= 0.6 is 15.9 Å². The van der Waals surface area contributed by atoms with Crippen molar-refractivity contribution in [2.75, 3.05) is 17.7 Å². The Balaban J connectivity index is 2.05. The van der Waals surface area contributed by atoms with Crippen LogP contribution in [0.15, 0.2) is 46.9 Å². The Bertz CT molecular complexity index is 744. The summed E-state index contributed by atoms with van der Waals surface area (Å²) in [7, 11) is 1.74. The van der Waals surface area contributed by atoms with Crippen LogP contribution in [-0.4, -0.2) is 23.9 Å². The first-order valence-electron chi connectivity index (χ1n) is 7.50. The van der Waals surface area contributed by atoms with E-state index < -0.39 is 0 Å². The van der Waals surface area contributed by atoms with Gasteiger partial charge in [0.05, 0.1) is 0 Å². The summed E-state index contributed by atoms with van der Waals surface area (Å²) >= 11 is 3.39. The summed E-state index contributed by atoms with van der Waals surface area (Å²) in [5, 5.41) is 5.59. The van der Waals surface area contributed by atoms with Crippen molar-refractivity contribution in [3.63, 3.8) is 0 Å². The van der Waals surface area contributed by atoms with Gasteiger partial charge in [-0.25, -0.2) is 4.79 Å². The van der Waals surface area contributed by atoms with Crippen molar-refractivity contribution in [3.8, 4) is 0 Å². The lowest BCUT2D eigenvalue weighted by Gasteiger charge is -2.19. The maximum atomic E-state index is 12.4. The number of benzene rings is 2. The van der Waals surface area contributed by atoms with Crippen LogP contribution in [0.25, 0.3) is 0 Å². The minimum atomic E-state index is -0.207. The minimum Gasteiger partial charge on any atom is -0.326 e. The fraction of sp³-hybridized carbons (Fsp3) is 0.222. The standard InChI is InChI=1S/C18H20BrN3O2/c1-12-4-9-16(20-13(2)23)10-17(12)21-18(24)22(3)11-14-5-7-15(19)8-6-14/h4-10H,11H2,1-3H3,(H,20,23)(H,21,24). The van der Waals surface area contributed by atoms with Gasteiger partial charge in [-0.15, -0.1) is 0 Å². The molecule has 0 aliphatic heterocycles. The summed E-state index contributed by atoms with van der Waals surface area (Å²) in [6, 6.07) is 13.0. The minimum absolute atomic E-state index is 0.150. The third-order valence-electron chi connectivity index (χ3n) is 3.48. The van der Waals surface area contributed by atoms with E-state index in [-0.39, 0.29) is 11.9 Å². The fourth-order valence-electron chi connectivity index (χ4n) is 2.18. The number of carbonyl (C=O) groups is 2. The number of urea groups is 1. The molecule has 0 radical (unpaired) electrons. The van der Waals surface area contributed by atoms with Crippen LogP contribution in [0.3, 0.4) is 0 Å². The van der Waals surface area contributed by atoms with Crippen molar-refractivity contribution in [1.29, 1.82) is 0 Å². The number of carbonyl (C=O) groups excluding carboxylic acids is 2. The highest BCUT2D eigenvalue weighted by atomic mass is 79.9. The van der Waals surface area contributed by atoms with Gasteiger partial charge in [-0.3, -0.25) is 4.79 Å². The molecule has 0 fully saturated rings. The van der Waals surface area contributed by atoms with Gasteiger partial charge in [-0.2, -0.15) is 0 Å². The highest BCUT2D eigenvalue weighted by Gasteiger charge is 2.11. The molecule has 0 unspecified atom stereocenters. The van der Waals surface area contributed by atoms with Crippen LogP contribution in [0.4, 0.5) is 16.2 Å². The molecule has 0 saturated carbocycles. The maximum absolute atomic E-state index is 12.4. The summed E-state index contributed by atoms with van der Waals surface area (Å²) < 4.78 is 1.00. The molecule has 126 valence electrons. The largest absolute Gasteiger partial charge is 0.326 e. The molecule has 0 aromatic heterocycles. The summed E-state index contributed by atoms with van der Waals surface area (Å²) in [6.45, 7) is 3.86. The molecular weight excluding hydrogens is 370 g/mol. The molecule has 2 N–H and O–H groups in total. The Hall–Kier alpha value is -2.34. The second-order valence-corrected chi connectivity index (χ2v) is 6.54. The summed E-state index contributed by atoms with van der Waals surface area (Å²) in [5.74, 6) is -0.150. The Labute approximate surface area is 150 Å². The van der Waals surface area contributed by atoms with Crippen molar-refractivity contribution in [2.45, 2.75) is 20.4 Å². The average molecular weight is 390 g/mol. The molecule has 3 amide bonds. The van der Waals surface area contributed by atoms with Crippen molar-refractivity contribution >= 4 is 39.2 Å². The first-order chi connectivity index (χ1) is 11.3. The van der Waals surface area contributed by atoms with Crippen molar-refractivity contribution in [2.24, 2.45) is 0 Å². The van der Waals surface area contributed by atoms with Gasteiger partial charge in [0.2, 0.25) is 5.91 Å². The summed E-state index contributed by atoms with van der Waals surface area (Å²) in [4.78, 5) is 25.1. The molecule has 2 rings (SSSR count). The van der Waals surface area contributed by atoms with Gasteiger partial charge < -0.3 is 15.5 Å². The van der Waals surface area contributed by atoms with E-state index in [2.05, 4.69) is 26.6 Å². The third-order valence-corrected chi connectivity index (χ3v) is 4.01. The van der Waals surface area contributed by atoms with Gasteiger partial charge in [-0.1, -0.05) is 34.1 Å². The number of aryl methyl sites for hydroxylation is 1. The summed E-state index contributed by atoms with van der Waals surface area (Å²) in [5.41, 5.74) is 3.29. The fourth-order valence-corrected chi connectivity index (χ4v) is 2.45. The number of anilines is 2. The van der Waals surface area contributed by atoms with E-state index in [9.17, 15) is 9.59 Å². The van der Waals surface area contributed by atoms with Crippen LogP contribution in [0.1, 0.15) is 18.1 Å². The van der Waals surface area contributed by atoms with E-state index in [1.165, 1.54) is 6.92 Å². The van der Waals surface area contributed by atoms with Crippen LogP contribution in [0.2, 0.25) is 0 Å². The number of nitrogens with zero attached hydrogens (tertiary/aromatic N) is 1. The molecule has 0 atom stereocenters. The van der Waals surface area contributed by atoms with Gasteiger partial charge >= 0.3 is 6.03 Å². The van der Waals surface area contributed by atoms with Crippen LogP contribution < -0.4 is 10.6 Å². The zero-order valence-electron chi connectivity index (χ0n) is 13.9. The Morgan fingerprint density at radius 1 is 1.08 bits per heavy atom. The molecule has 24 heavy (non-hydrogen) atoms. The highest BCUT2D eigenvalue weighted by Crippen LogP contribution is 2.21. The van der Waals surface area contributed by atoms with E-state index in [1.807, 2.05) is 37.3 Å². The van der Waals surface area contributed by atoms with E-state index in [0.29, 0.717) is 17.9 Å². The van der Waals surface area contributed by atoms with Crippen LogP contribution in [-0.2, 0) is 11.3 Å². The average Bonchev–Trinajstić information content (AvgIpc) is 2.52. The monoisotopic (exact) mass is 389 g/mol. The molecule has 5 nitrogen and oxygen atoms in total. The lowest BCUT2D eigenvalue weighted by Crippen LogP contribution is -2.31. The molecule has 0 spiro atoms. The van der Waals surface area contributed by atoms with Crippen LogP contribution in [0, 0.1) is 6.92 Å². The highest BCUT2D eigenvalue weighted by molar-refractivity contribution is 9.10. The first-order valence-corrected chi connectivity index (χ1v) is 8.29. The van der Waals surface area contributed by atoms with Gasteiger partial charge in [-0.05, 0) is 42.3 Å². The number of halogens is 1. The molecule has 0 heterocycles. The molecule has 0 aliphatic rings. The molecule has 0 bridgehead atoms. The van der Waals surface area contributed by atoms with E-state index >= 15 is 0 Å². The predicted molar refractivity (Wildman–Crippen MR) is 100 cm³/mol. The Morgan fingerprint density at radius 2 is 1.75 bits per heavy atom. The predicted octanol–water partition coefficient (Wildman–Crippen LogP) is 4.38. The van der Waals surface area contributed by atoms with E-state index in [1.54, 1.807) is 24.1 Å². The second-order valence-electron chi connectivity index (χ2n) is 5.62. The molecule has 0 saturated heterocycles. The second kappa shape index (κ2) is 7.97. The van der Waals surface area contributed by atoms with E-state index in [0.717, 1.165) is 15.6 Å². The molecular formula is C18H20BrN3O2. The number of rotatable bonds is 4. The first kappa shape index (κ1) is 18.0. The van der Waals surface area contributed by atoms with Crippen molar-refractivity contribution in [1.82, 2.24) is 4.90 Å². The molecule has 6 heteroatoms. The maximum Gasteiger partial charge on any atom is 0.321 e. The van der Waals surface area contributed by atoms with Gasteiger partial charge in [0, 0.05) is 36.4 Å². The number of nitrogens with one attached hydrogen (secondary N) is 2. The molecule has 0 aliphatic carbocycles. The van der Waals surface area contributed by atoms with Gasteiger partial charge in [0.25, 0.3) is 0 Å². The molecule has 2 aromatic rings. The van der Waals surface area contributed by atoms with Crippen molar-refractivity contribution < 1.29 is 9.59 Å². The lowest BCUT2D eigenvalue weighted by atomic mass is 10.1. The lowest BCUT2D eigenvalue weighted by molar-refractivity contribution is -0.114. The Morgan fingerprint density at radius 3 is 2.38 bits per heavy atom. The SMILES string of the molecule is CC(=O)Nc1ccc(C)c(NC(=O)N(C)Cc2ccc(Br)cc2)c1. The van der Waals surface area contributed by atoms with E-state index in [4.69, 9.17) is 0 Å². The topological polar surface area (TPSA) is 61.4 Å². The van der Waals surface area contributed by atoms with Crippen LogP contribution in [0.5, 0.6) is 0 Å². The van der Waals surface area contributed by atoms with Crippen molar-refractivity contribution in [3.05, 3.63) is 58.1 Å².